The van der Waals surface area contributed by atoms with Crippen LogP contribution in [0.5, 0.6) is 0 Å². The van der Waals surface area contributed by atoms with Crippen LogP contribution in [0.1, 0.15) is 56.0 Å². The second-order valence-corrected chi connectivity index (χ2v) is 14.2. The first-order valence-electron chi connectivity index (χ1n) is 16.2. The summed E-state index contributed by atoms with van der Waals surface area (Å²) >= 11 is 3.31. The molecule has 14 nitrogen and oxygen atoms in total. The second kappa shape index (κ2) is 15.1. The number of likely N-dealkylation sites (tertiary alicyclic amines) is 1. The maximum atomic E-state index is 16.6. The SMILES string of the molecule is C=CCOCc1ccc(Br)nc1NC(=O)[C@@H]1C[C@](F)(CNC(=O)C(C)(C)C)CN1C(=O)Cn1nc(C(C)=O)c2cc(-c3cnc(C)nc3)ncc21. The van der Waals surface area contributed by atoms with Crippen LogP contribution < -0.4 is 10.6 Å². The van der Waals surface area contributed by atoms with Crippen molar-refractivity contribution in [1.82, 2.24) is 39.9 Å². The van der Waals surface area contributed by atoms with Crippen molar-refractivity contribution in [3.8, 4) is 11.3 Å². The van der Waals surface area contributed by atoms with Crippen molar-refractivity contribution in [2.45, 2.75) is 65.9 Å². The van der Waals surface area contributed by atoms with Gasteiger partial charge in [-0.3, -0.25) is 28.8 Å². The molecule has 5 heterocycles. The van der Waals surface area contributed by atoms with E-state index in [0.29, 0.717) is 38.2 Å². The summed E-state index contributed by atoms with van der Waals surface area (Å²) in [5.41, 5.74) is -0.742. The molecule has 4 aromatic rings. The summed E-state index contributed by atoms with van der Waals surface area (Å²) in [5.74, 6) is -1.27. The number of ketones is 1. The van der Waals surface area contributed by atoms with Crippen LogP contribution in [-0.2, 0) is 32.3 Å². The standard InChI is InChI=1S/C35H39BrFN9O5/c1-7-10-51-17-22-8-9-28(36)42-31(22)43-32(49)26-12-35(37,18-41-33(50)34(4,5)6)19-45(26)29(48)16-46-27-15-40-25(23-13-38-21(3)39-14-23)11-24(27)30(44-46)20(2)47/h7-9,11,13-15,26H,1,10,12,16-19H2,2-6H3,(H,41,50)(H,42,43,49)/t26-,35-/m0/s1. The number of halogens is 2. The van der Waals surface area contributed by atoms with Gasteiger partial charge in [0.2, 0.25) is 17.7 Å². The molecular formula is C35H39BrFN9O5. The van der Waals surface area contributed by atoms with Crippen LogP contribution in [0.15, 0.2) is 54.0 Å². The summed E-state index contributed by atoms with van der Waals surface area (Å²) in [6.45, 7) is 10.9. The van der Waals surface area contributed by atoms with Gasteiger partial charge in [0.25, 0.3) is 0 Å². The number of nitrogens with one attached hydrogen (secondary N) is 2. The Bertz CT molecular complexity index is 2000. The van der Waals surface area contributed by atoms with E-state index in [4.69, 9.17) is 4.74 Å². The fourth-order valence-electron chi connectivity index (χ4n) is 5.56. The Morgan fingerprint density at radius 3 is 2.55 bits per heavy atom. The number of nitrogens with zero attached hydrogens (tertiary/aromatic N) is 7. The van der Waals surface area contributed by atoms with Crippen molar-refractivity contribution in [3.05, 3.63) is 71.1 Å². The van der Waals surface area contributed by atoms with Crippen molar-refractivity contribution in [2.24, 2.45) is 5.41 Å². The fraction of sp³-hybridized carbons (Fsp3) is 0.400. The maximum absolute atomic E-state index is 16.6. The van der Waals surface area contributed by atoms with Gasteiger partial charge < -0.3 is 20.3 Å². The number of aryl methyl sites for hydroxylation is 1. The van der Waals surface area contributed by atoms with E-state index in [1.165, 1.54) is 17.8 Å². The van der Waals surface area contributed by atoms with Crippen molar-refractivity contribution >= 4 is 56.2 Å². The Hall–Kier alpha value is -4.96. The minimum atomic E-state index is -2.14. The molecule has 3 amide bonds. The molecule has 4 aromatic heterocycles. The minimum Gasteiger partial charge on any atom is -0.373 e. The highest BCUT2D eigenvalue weighted by atomic mass is 79.9. The van der Waals surface area contributed by atoms with E-state index in [-0.39, 0.29) is 36.4 Å². The van der Waals surface area contributed by atoms with Gasteiger partial charge >= 0.3 is 0 Å². The van der Waals surface area contributed by atoms with Crippen LogP contribution in [0.25, 0.3) is 22.2 Å². The van der Waals surface area contributed by atoms with Gasteiger partial charge in [-0.2, -0.15) is 5.10 Å². The summed E-state index contributed by atoms with van der Waals surface area (Å²) < 4.78 is 23.9. The number of rotatable bonds is 12. The number of hydrogen-bond donors (Lipinski definition) is 2. The largest absolute Gasteiger partial charge is 0.373 e. The molecule has 0 aliphatic carbocycles. The van der Waals surface area contributed by atoms with Crippen LogP contribution in [0.3, 0.4) is 0 Å². The molecular weight excluding hydrogens is 725 g/mol. The average molecular weight is 765 g/mol. The van der Waals surface area contributed by atoms with E-state index < -0.39 is 55.0 Å². The van der Waals surface area contributed by atoms with E-state index in [1.54, 1.807) is 64.4 Å². The molecule has 0 spiro atoms. The van der Waals surface area contributed by atoms with E-state index in [1.807, 2.05) is 0 Å². The predicted molar refractivity (Wildman–Crippen MR) is 190 cm³/mol. The van der Waals surface area contributed by atoms with Gasteiger partial charge in [-0.05, 0) is 35.0 Å². The maximum Gasteiger partial charge on any atom is 0.248 e. The first-order chi connectivity index (χ1) is 24.1. The summed E-state index contributed by atoms with van der Waals surface area (Å²) in [6.07, 6.45) is 5.91. The lowest BCUT2D eigenvalue weighted by molar-refractivity contribution is -0.137. The lowest BCUT2D eigenvalue weighted by Gasteiger charge is -2.25. The number of alkyl halides is 1. The Morgan fingerprint density at radius 2 is 1.88 bits per heavy atom. The number of carbonyl (C=O) groups is 4. The zero-order chi connectivity index (χ0) is 37.1. The number of pyridine rings is 2. The molecule has 268 valence electrons. The van der Waals surface area contributed by atoms with Crippen LogP contribution in [0, 0.1) is 12.3 Å². The molecule has 5 rings (SSSR count). The normalized spacial score (nSPS) is 17.4. The Labute approximate surface area is 302 Å². The Kier molecular flexibility index (Phi) is 11.0. The van der Waals surface area contributed by atoms with Gasteiger partial charge in [0.05, 0.1) is 43.7 Å². The zero-order valence-corrected chi connectivity index (χ0v) is 30.6. The molecule has 1 saturated heterocycles. The number of Topliss-reactive ketones (excluding diaryl/α,β-unsaturated/α-hetero) is 1. The number of ether oxygens (including phenoxy) is 1. The van der Waals surface area contributed by atoms with Crippen molar-refractivity contribution in [3.63, 3.8) is 0 Å². The Morgan fingerprint density at radius 1 is 1.16 bits per heavy atom. The predicted octanol–water partition coefficient (Wildman–Crippen LogP) is 4.37. The number of hydrogen-bond acceptors (Lipinski definition) is 10. The number of fused-ring (bicyclic) bond motifs is 1. The number of amides is 3. The number of anilines is 1. The summed E-state index contributed by atoms with van der Waals surface area (Å²) in [5, 5.41) is 10.3. The molecule has 0 saturated carbocycles. The number of aromatic nitrogens is 6. The third-order valence-electron chi connectivity index (χ3n) is 8.27. The summed E-state index contributed by atoms with van der Waals surface area (Å²) in [7, 11) is 0. The molecule has 0 aromatic carbocycles. The molecule has 16 heteroatoms. The van der Waals surface area contributed by atoms with E-state index in [2.05, 4.69) is 58.2 Å². The van der Waals surface area contributed by atoms with Crippen LogP contribution >= 0.6 is 15.9 Å². The summed E-state index contributed by atoms with van der Waals surface area (Å²) in [4.78, 5) is 71.7. The van der Waals surface area contributed by atoms with Gasteiger partial charge in [-0.15, -0.1) is 6.58 Å². The Balaban J connectivity index is 1.45. The second-order valence-electron chi connectivity index (χ2n) is 13.4. The lowest BCUT2D eigenvalue weighted by atomic mass is 9.94. The molecule has 1 aliphatic rings. The molecule has 0 bridgehead atoms. The lowest BCUT2D eigenvalue weighted by Crippen LogP contribution is -2.46. The highest BCUT2D eigenvalue weighted by molar-refractivity contribution is 9.10. The quantitative estimate of drug-likeness (QED) is 0.0913. The molecule has 2 atom stereocenters. The smallest absolute Gasteiger partial charge is 0.248 e. The molecule has 51 heavy (non-hydrogen) atoms. The molecule has 1 fully saturated rings. The third-order valence-corrected chi connectivity index (χ3v) is 8.71. The van der Waals surface area contributed by atoms with E-state index >= 15 is 4.39 Å². The highest BCUT2D eigenvalue weighted by Gasteiger charge is 2.50. The summed E-state index contributed by atoms with van der Waals surface area (Å²) in [6, 6.07) is 3.80. The monoisotopic (exact) mass is 763 g/mol. The van der Waals surface area contributed by atoms with Gasteiger partial charge in [0.1, 0.15) is 40.2 Å². The van der Waals surface area contributed by atoms with Crippen molar-refractivity contribution in [1.29, 1.82) is 0 Å². The topological polar surface area (TPSA) is 174 Å². The van der Waals surface area contributed by atoms with E-state index in [0.717, 1.165) is 4.90 Å². The minimum absolute atomic E-state index is 0.110. The van der Waals surface area contributed by atoms with Crippen molar-refractivity contribution < 1.29 is 28.3 Å². The molecule has 2 N–H and O–H groups in total. The van der Waals surface area contributed by atoms with Gasteiger partial charge in [-0.1, -0.05) is 32.9 Å². The number of carbonyl (C=O) groups excluding carboxylic acids is 4. The molecule has 0 unspecified atom stereocenters. The first kappa shape index (κ1) is 37.3. The third kappa shape index (κ3) is 8.68. The van der Waals surface area contributed by atoms with Crippen LogP contribution in [0.2, 0.25) is 0 Å². The molecule has 1 aliphatic heterocycles. The van der Waals surface area contributed by atoms with Crippen LogP contribution in [-0.4, -0.2) is 89.5 Å². The average Bonchev–Trinajstić information content (AvgIpc) is 3.62. The van der Waals surface area contributed by atoms with Crippen molar-refractivity contribution in [2.75, 3.05) is 25.0 Å². The zero-order valence-electron chi connectivity index (χ0n) is 29.0. The van der Waals surface area contributed by atoms with Gasteiger partial charge in [0, 0.05) is 47.7 Å². The fourth-order valence-corrected chi connectivity index (χ4v) is 5.87. The van der Waals surface area contributed by atoms with Crippen LogP contribution in [0.4, 0.5) is 10.2 Å². The van der Waals surface area contributed by atoms with Gasteiger partial charge in [-0.25, -0.2) is 19.3 Å². The first-order valence-corrected chi connectivity index (χ1v) is 17.0. The molecule has 0 radical (unpaired) electrons. The van der Waals surface area contributed by atoms with E-state index in [9.17, 15) is 19.2 Å². The highest BCUT2D eigenvalue weighted by Crippen LogP contribution is 2.33. The van der Waals surface area contributed by atoms with Gasteiger partial charge in [0.15, 0.2) is 5.78 Å².